The quantitative estimate of drug-likeness (QED) is 0.397. The van der Waals surface area contributed by atoms with Gasteiger partial charge in [0.2, 0.25) is 0 Å². The van der Waals surface area contributed by atoms with E-state index in [2.05, 4.69) is 15.0 Å². The molecular weight excluding hydrogens is 375 g/mol. The number of imidazole rings is 1. The number of hydrogen-bond acceptors (Lipinski definition) is 4. The first-order valence-corrected chi connectivity index (χ1v) is 9.73. The number of fused-ring (bicyclic) bond motifs is 1. The van der Waals surface area contributed by atoms with Crippen LogP contribution in [0, 0.1) is 5.41 Å². The molecule has 0 radical (unpaired) electrons. The van der Waals surface area contributed by atoms with E-state index < -0.39 is 11.3 Å². The minimum atomic E-state index is -1.00. The van der Waals surface area contributed by atoms with Crippen LogP contribution in [0.4, 0.5) is 9.18 Å². The molecule has 0 spiro atoms. The minimum absolute atomic E-state index is 0.104. The summed E-state index contributed by atoms with van der Waals surface area (Å²) in [5.74, 6) is 0. The molecule has 8 nitrogen and oxygen atoms in total. The van der Waals surface area contributed by atoms with Gasteiger partial charge >= 0.3 is 6.09 Å². The van der Waals surface area contributed by atoms with E-state index in [9.17, 15) is 9.18 Å². The lowest BCUT2D eigenvalue weighted by molar-refractivity contribution is -0.220. The largest absolute Gasteiger partial charge is 0.444 e. The lowest BCUT2D eigenvalue weighted by Gasteiger charge is -2.66. The van der Waals surface area contributed by atoms with Crippen LogP contribution in [-0.2, 0) is 17.8 Å². The van der Waals surface area contributed by atoms with Crippen LogP contribution in [0.1, 0.15) is 51.3 Å². The Labute approximate surface area is 168 Å². The predicted octanol–water partition coefficient (Wildman–Crippen LogP) is 4.77. The van der Waals surface area contributed by atoms with Crippen LogP contribution in [0.3, 0.4) is 0 Å². The highest BCUT2D eigenvalue weighted by molar-refractivity contribution is 5.68. The van der Waals surface area contributed by atoms with Gasteiger partial charge in [-0.3, -0.25) is 0 Å². The fourth-order valence-corrected chi connectivity index (χ4v) is 4.53. The summed E-state index contributed by atoms with van der Waals surface area (Å²) in [6.45, 7) is 6.56. The molecule has 2 heterocycles. The number of halogens is 1. The number of azide groups is 1. The van der Waals surface area contributed by atoms with Gasteiger partial charge < -0.3 is 14.0 Å². The van der Waals surface area contributed by atoms with Gasteiger partial charge in [0.05, 0.1) is 18.8 Å². The van der Waals surface area contributed by atoms with Crippen molar-refractivity contribution in [1.82, 2.24) is 14.3 Å². The number of amides is 1. The monoisotopic (exact) mass is 400 g/mol. The second kappa shape index (κ2) is 6.62. The van der Waals surface area contributed by atoms with Gasteiger partial charge in [-0.1, -0.05) is 11.2 Å². The Morgan fingerprint density at radius 2 is 2.10 bits per heavy atom. The van der Waals surface area contributed by atoms with E-state index >= 15 is 0 Å². The Morgan fingerprint density at radius 3 is 2.72 bits per heavy atom. The summed E-state index contributed by atoms with van der Waals surface area (Å²) in [6.07, 6.45) is 4.91. The van der Waals surface area contributed by atoms with Crippen LogP contribution in [0.5, 0.6) is 0 Å². The SMILES string of the molecule is CC(C)(C)OC(=O)N(Cc1ccc2nc(CN=[N+]=[N-])cn2c1)CC12CC(F)(C1)C2. The van der Waals surface area contributed by atoms with Gasteiger partial charge in [0.25, 0.3) is 0 Å². The average molecular weight is 400 g/mol. The molecule has 154 valence electrons. The number of carbonyl (C=O) groups is 1. The summed E-state index contributed by atoms with van der Waals surface area (Å²) in [6, 6.07) is 3.77. The third kappa shape index (κ3) is 4.00. The van der Waals surface area contributed by atoms with E-state index in [1.54, 1.807) is 11.1 Å². The van der Waals surface area contributed by atoms with Crippen LogP contribution >= 0.6 is 0 Å². The molecule has 9 heteroatoms. The normalized spacial score (nSPS) is 25.0. The molecule has 2 aromatic rings. The molecule has 0 aromatic carbocycles. The van der Waals surface area contributed by atoms with Gasteiger partial charge in [0, 0.05) is 23.9 Å². The molecule has 1 amide bonds. The summed E-state index contributed by atoms with van der Waals surface area (Å²) in [7, 11) is 0. The molecule has 0 aliphatic heterocycles. The van der Waals surface area contributed by atoms with Crippen LogP contribution in [-0.4, -0.2) is 38.2 Å². The molecule has 0 unspecified atom stereocenters. The molecule has 0 saturated heterocycles. The topological polar surface area (TPSA) is 95.6 Å². The van der Waals surface area contributed by atoms with E-state index in [-0.39, 0.29) is 18.1 Å². The smallest absolute Gasteiger partial charge is 0.410 e. The first kappa shape index (κ1) is 19.5. The molecule has 3 aliphatic carbocycles. The van der Waals surface area contributed by atoms with E-state index in [0.717, 1.165) is 11.2 Å². The number of carbonyl (C=O) groups excluding carboxylic acids is 1. The Balaban J connectivity index is 1.52. The first-order chi connectivity index (χ1) is 13.6. The Hall–Kier alpha value is -2.80. The van der Waals surface area contributed by atoms with Crippen molar-refractivity contribution in [2.24, 2.45) is 10.5 Å². The highest BCUT2D eigenvalue weighted by Crippen LogP contribution is 2.69. The molecular formula is C20H25FN6O2. The molecule has 29 heavy (non-hydrogen) atoms. The third-order valence-electron chi connectivity index (χ3n) is 5.48. The van der Waals surface area contributed by atoms with Crippen LogP contribution in [0.15, 0.2) is 29.6 Å². The second-order valence-corrected chi connectivity index (χ2v) is 9.44. The number of hydrogen-bond donors (Lipinski definition) is 0. The van der Waals surface area contributed by atoms with Crippen molar-refractivity contribution in [3.05, 3.63) is 46.2 Å². The maximum absolute atomic E-state index is 14.0. The van der Waals surface area contributed by atoms with Gasteiger partial charge in [-0.15, -0.1) is 0 Å². The maximum atomic E-state index is 14.0. The minimum Gasteiger partial charge on any atom is -0.444 e. The molecule has 2 aromatic heterocycles. The van der Waals surface area contributed by atoms with Crippen LogP contribution < -0.4 is 0 Å². The van der Waals surface area contributed by atoms with E-state index in [1.807, 2.05) is 43.5 Å². The zero-order valence-corrected chi connectivity index (χ0v) is 16.9. The molecule has 0 atom stereocenters. The summed E-state index contributed by atoms with van der Waals surface area (Å²) in [5.41, 5.74) is 9.09. The number of rotatable bonds is 6. The zero-order valence-electron chi connectivity index (χ0n) is 16.9. The fourth-order valence-electron chi connectivity index (χ4n) is 4.53. The summed E-state index contributed by atoms with van der Waals surface area (Å²) >= 11 is 0. The number of nitrogens with zero attached hydrogens (tertiary/aromatic N) is 6. The number of alkyl halides is 1. The van der Waals surface area contributed by atoms with Gasteiger partial charge in [0.1, 0.15) is 16.9 Å². The fraction of sp³-hybridized carbons (Fsp3) is 0.600. The van der Waals surface area contributed by atoms with Crippen molar-refractivity contribution in [1.29, 1.82) is 0 Å². The number of aromatic nitrogens is 2. The Kier molecular flexibility index (Phi) is 4.46. The second-order valence-electron chi connectivity index (χ2n) is 9.44. The molecule has 5 rings (SSSR count). The van der Waals surface area contributed by atoms with Crippen molar-refractivity contribution in [3.8, 4) is 0 Å². The number of ether oxygens (including phenoxy) is 1. The Bertz CT molecular complexity index is 984. The molecule has 2 bridgehead atoms. The van der Waals surface area contributed by atoms with Crippen molar-refractivity contribution in [2.75, 3.05) is 6.54 Å². The summed E-state index contributed by atoms with van der Waals surface area (Å²) in [5, 5.41) is 3.54. The summed E-state index contributed by atoms with van der Waals surface area (Å²) in [4.78, 5) is 21.6. The van der Waals surface area contributed by atoms with E-state index in [4.69, 9.17) is 10.3 Å². The zero-order chi connectivity index (χ0) is 20.9. The molecule has 3 fully saturated rings. The van der Waals surface area contributed by atoms with Gasteiger partial charge in [-0.05, 0) is 62.6 Å². The van der Waals surface area contributed by atoms with Gasteiger partial charge in [-0.2, -0.15) is 0 Å². The first-order valence-electron chi connectivity index (χ1n) is 9.73. The highest BCUT2D eigenvalue weighted by atomic mass is 19.1. The van der Waals surface area contributed by atoms with Crippen LogP contribution in [0.25, 0.3) is 16.1 Å². The van der Waals surface area contributed by atoms with Gasteiger partial charge in [0.15, 0.2) is 0 Å². The molecule has 0 N–H and O–H groups in total. The number of pyridine rings is 1. The average Bonchev–Trinajstić information content (AvgIpc) is 2.97. The lowest BCUT2D eigenvalue weighted by atomic mass is 9.42. The molecule has 3 aliphatic rings. The van der Waals surface area contributed by atoms with E-state index in [0.29, 0.717) is 38.0 Å². The Morgan fingerprint density at radius 1 is 1.38 bits per heavy atom. The van der Waals surface area contributed by atoms with Crippen molar-refractivity contribution in [2.45, 2.75) is 64.4 Å². The predicted molar refractivity (Wildman–Crippen MR) is 105 cm³/mol. The third-order valence-corrected chi connectivity index (χ3v) is 5.48. The maximum Gasteiger partial charge on any atom is 0.410 e. The van der Waals surface area contributed by atoms with Crippen LogP contribution in [0.2, 0.25) is 0 Å². The van der Waals surface area contributed by atoms with Crippen molar-refractivity contribution >= 4 is 11.7 Å². The molecule has 3 saturated carbocycles. The van der Waals surface area contributed by atoms with Gasteiger partial charge in [-0.25, -0.2) is 14.2 Å². The van der Waals surface area contributed by atoms with Crippen molar-refractivity contribution < 1.29 is 13.9 Å². The van der Waals surface area contributed by atoms with E-state index in [1.165, 1.54) is 0 Å². The highest BCUT2D eigenvalue weighted by Gasteiger charge is 2.69. The lowest BCUT2D eigenvalue weighted by Crippen LogP contribution is -2.68. The van der Waals surface area contributed by atoms with Crippen molar-refractivity contribution in [3.63, 3.8) is 0 Å². The standard InChI is InChI=1S/C20H25FN6O2/c1-18(2,3)29-17(28)27(13-19-10-20(21,11-19)12-19)8-14-4-5-16-24-15(6-23-25-22)9-26(16)7-14/h4-5,7,9H,6,8,10-13H2,1-3H3. The summed E-state index contributed by atoms with van der Waals surface area (Å²) < 4.78 is 21.4.